The molecule has 1 aliphatic heterocycles. The van der Waals surface area contributed by atoms with Crippen LogP contribution >= 0.6 is 35.1 Å². The Labute approximate surface area is 201 Å². The van der Waals surface area contributed by atoms with E-state index in [0.717, 1.165) is 56.6 Å². The maximum absolute atomic E-state index is 12.8. The fourth-order valence-corrected chi connectivity index (χ4v) is 6.30. The molecule has 1 N–H and O–H groups in total. The first-order valence-corrected chi connectivity index (χ1v) is 11.9. The second-order valence-corrected chi connectivity index (χ2v) is 9.92. The number of halogens is 1. The number of thiazole rings is 1. The lowest BCUT2D eigenvalue weighted by Crippen LogP contribution is -2.25. The van der Waals surface area contributed by atoms with Crippen molar-refractivity contribution in [3.8, 4) is 16.3 Å². The number of rotatable bonds is 5. The molecule has 0 radical (unpaired) electrons. The molecule has 2 aromatic heterocycles. The topological polar surface area (TPSA) is 54.5 Å². The van der Waals surface area contributed by atoms with E-state index < -0.39 is 0 Å². The van der Waals surface area contributed by atoms with Crippen molar-refractivity contribution in [2.45, 2.75) is 19.9 Å². The summed E-state index contributed by atoms with van der Waals surface area (Å²) in [6.07, 6.45) is 0.961. The maximum Gasteiger partial charge on any atom is 0.262 e. The minimum absolute atomic E-state index is 0. The summed E-state index contributed by atoms with van der Waals surface area (Å²) >= 11 is 3.34. The van der Waals surface area contributed by atoms with Gasteiger partial charge >= 0.3 is 0 Å². The van der Waals surface area contributed by atoms with Crippen LogP contribution in [0.4, 0.5) is 5.00 Å². The summed E-state index contributed by atoms with van der Waals surface area (Å²) < 4.78 is 6.91. The summed E-state index contributed by atoms with van der Waals surface area (Å²) in [6, 6.07) is 15.9. The molecule has 5 rings (SSSR count). The fourth-order valence-electron chi connectivity index (χ4n) is 3.85. The number of para-hydroxylation sites is 2. The maximum atomic E-state index is 12.8. The van der Waals surface area contributed by atoms with Crippen molar-refractivity contribution < 1.29 is 9.53 Å². The highest BCUT2D eigenvalue weighted by Gasteiger charge is 2.26. The quantitative estimate of drug-likeness (QED) is 0.390. The van der Waals surface area contributed by atoms with Crippen LogP contribution in [-0.2, 0) is 17.8 Å². The number of hydrogen-bond acceptors (Lipinski definition) is 6. The molecule has 2 aromatic carbocycles. The van der Waals surface area contributed by atoms with E-state index in [-0.39, 0.29) is 24.9 Å². The highest BCUT2D eigenvalue weighted by atomic mass is 35.5. The van der Waals surface area contributed by atoms with E-state index in [4.69, 9.17) is 9.72 Å². The van der Waals surface area contributed by atoms with Gasteiger partial charge in [-0.15, -0.1) is 35.1 Å². The number of benzene rings is 2. The second kappa shape index (κ2) is 9.58. The van der Waals surface area contributed by atoms with Gasteiger partial charge in [0.05, 0.1) is 10.2 Å². The Balaban J connectivity index is 0.00000245. The van der Waals surface area contributed by atoms with E-state index in [1.54, 1.807) is 22.7 Å². The molecule has 0 bridgehead atoms. The molecule has 0 aliphatic carbocycles. The number of likely N-dealkylation sites (N-methyl/N-ethyl adjacent to an activating group) is 1. The number of carbonyl (C=O) groups is 1. The zero-order valence-corrected chi connectivity index (χ0v) is 20.3. The number of fused-ring (bicyclic) bond motifs is 2. The van der Waals surface area contributed by atoms with Gasteiger partial charge in [-0.25, -0.2) is 4.98 Å². The molecule has 1 amide bonds. The molecule has 5 nitrogen and oxygen atoms in total. The lowest BCUT2D eigenvalue weighted by Gasteiger charge is -2.22. The van der Waals surface area contributed by atoms with Crippen molar-refractivity contribution in [1.82, 2.24) is 9.88 Å². The third-order valence-corrected chi connectivity index (χ3v) is 7.65. The monoisotopic (exact) mass is 485 g/mol. The van der Waals surface area contributed by atoms with Crippen LogP contribution in [0.2, 0.25) is 0 Å². The smallest absolute Gasteiger partial charge is 0.262 e. The van der Waals surface area contributed by atoms with Gasteiger partial charge in [-0.3, -0.25) is 4.79 Å². The fraction of sp³-hybridized carbons (Fsp3) is 0.250. The van der Waals surface area contributed by atoms with Crippen molar-refractivity contribution in [1.29, 1.82) is 0 Å². The predicted octanol–water partition coefficient (Wildman–Crippen LogP) is 5.76. The number of aromatic nitrogens is 1. The SMILES string of the molecule is Cc1ccccc1OCC(=O)Nc1sc2c(c1-c1nc3ccccc3s1)CCN(C)C2.Cl. The molecule has 0 unspecified atom stereocenters. The van der Waals surface area contributed by atoms with Gasteiger partial charge in [0.2, 0.25) is 0 Å². The molecular formula is C24H24ClN3O2S2. The van der Waals surface area contributed by atoms with Gasteiger partial charge in [0.1, 0.15) is 15.8 Å². The number of hydrogen-bond donors (Lipinski definition) is 1. The van der Waals surface area contributed by atoms with Crippen molar-refractivity contribution >= 4 is 56.2 Å². The van der Waals surface area contributed by atoms with Gasteiger partial charge in [0, 0.05) is 23.5 Å². The first-order valence-electron chi connectivity index (χ1n) is 10.3. The van der Waals surface area contributed by atoms with E-state index in [2.05, 4.69) is 23.3 Å². The predicted molar refractivity (Wildman–Crippen MR) is 136 cm³/mol. The molecule has 3 heterocycles. The number of carbonyl (C=O) groups excluding carboxylic acids is 1. The van der Waals surface area contributed by atoms with E-state index in [9.17, 15) is 4.79 Å². The van der Waals surface area contributed by atoms with Crippen molar-refractivity contribution in [3.63, 3.8) is 0 Å². The van der Waals surface area contributed by atoms with Crippen LogP contribution in [0.1, 0.15) is 16.0 Å². The van der Waals surface area contributed by atoms with E-state index in [0.29, 0.717) is 0 Å². The van der Waals surface area contributed by atoms with Gasteiger partial charge < -0.3 is 15.0 Å². The molecule has 32 heavy (non-hydrogen) atoms. The number of ether oxygens (including phenoxy) is 1. The van der Waals surface area contributed by atoms with Crippen LogP contribution in [0.3, 0.4) is 0 Å². The molecule has 4 aromatic rings. The largest absolute Gasteiger partial charge is 0.483 e. The summed E-state index contributed by atoms with van der Waals surface area (Å²) in [6.45, 7) is 3.85. The second-order valence-electron chi connectivity index (χ2n) is 7.78. The van der Waals surface area contributed by atoms with Gasteiger partial charge in [0.15, 0.2) is 6.61 Å². The zero-order chi connectivity index (χ0) is 21.4. The van der Waals surface area contributed by atoms with Crippen LogP contribution < -0.4 is 10.1 Å². The standard InChI is InChI=1S/C24H23N3O2S2.ClH/c1-15-7-3-5-9-18(15)29-14-21(28)26-24-22(16-11-12-27(2)13-20(16)31-24)23-25-17-8-4-6-10-19(17)30-23;/h3-10H,11-14H2,1-2H3,(H,26,28);1H. The zero-order valence-electron chi connectivity index (χ0n) is 17.9. The summed E-state index contributed by atoms with van der Waals surface area (Å²) in [5.41, 5.74) is 4.41. The molecule has 166 valence electrons. The molecular weight excluding hydrogens is 462 g/mol. The minimum atomic E-state index is -0.155. The van der Waals surface area contributed by atoms with Gasteiger partial charge in [-0.2, -0.15) is 0 Å². The first-order chi connectivity index (χ1) is 15.1. The Bertz CT molecular complexity index is 1230. The van der Waals surface area contributed by atoms with Crippen LogP contribution in [0.5, 0.6) is 5.75 Å². The Kier molecular flexibility index (Phi) is 6.81. The van der Waals surface area contributed by atoms with E-state index >= 15 is 0 Å². The highest BCUT2D eigenvalue weighted by Crippen LogP contribution is 2.45. The van der Waals surface area contributed by atoms with E-state index in [1.807, 2.05) is 49.4 Å². The van der Waals surface area contributed by atoms with E-state index in [1.165, 1.54) is 10.4 Å². The average molecular weight is 486 g/mol. The number of amides is 1. The lowest BCUT2D eigenvalue weighted by atomic mass is 10.0. The average Bonchev–Trinajstić information content (AvgIpc) is 3.33. The molecule has 8 heteroatoms. The van der Waals surface area contributed by atoms with Gasteiger partial charge in [-0.05, 0) is 49.7 Å². The summed E-state index contributed by atoms with van der Waals surface area (Å²) in [5, 5.41) is 4.96. The summed E-state index contributed by atoms with van der Waals surface area (Å²) in [5.74, 6) is 0.578. The van der Waals surface area contributed by atoms with Crippen molar-refractivity contribution in [2.24, 2.45) is 0 Å². The normalized spacial score (nSPS) is 13.4. The third-order valence-electron chi connectivity index (χ3n) is 5.46. The Morgan fingerprint density at radius 3 is 2.75 bits per heavy atom. The summed E-state index contributed by atoms with van der Waals surface area (Å²) in [7, 11) is 2.13. The number of thiophene rings is 1. The van der Waals surface area contributed by atoms with Crippen molar-refractivity contribution in [2.75, 3.05) is 25.5 Å². The highest BCUT2D eigenvalue weighted by molar-refractivity contribution is 7.22. The molecule has 0 atom stereocenters. The third kappa shape index (κ3) is 4.52. The summed E-state index contributed by atoms with van der Waals surface area (Å²) in [4.78, 5) is 21.3. The lowest BCUT2D eigenvalue weighted by molar-refractivity contribution is -0.118. The number of aryl methyl sites for hydroxylation is 1. The minimum Gasteiger partial charge on any atom is -0.483 e. The molecule has 0 saturated heterocycles. The number of anilines is 1. The van der Waals surface area contributed by atoms with Crippen molar-refractivity contribution in [3.05, 3.63) is 64.5 Å². The van der Waals surface area contributed by atoms with Crippen LogP contribution in [0.15, 0.2) is 48.5 Å². The number of nitrogens with zero attached hydrogens (tertiary/aromatic N) is 2. The molecule has 0 spiro atoms. The Morgan fingerprint density at radius 1 is 1.16 bits per heavy atom. The molecule has 1 aliphatic rings. The number of nitrogens with one attached hydrogen (secondary N) is 1. The van der Waals surface area contributed by atoms with Gasteiger partial charge in [0.25, 0.3) is 5.91 Å². The first kappa shape index (κ1) is 22.7. The van der Waals surface area contributed by atoms with Crippen LogP contribution in [-0.4, -0.2) is 36.0 Å². The Morgan fingerprint density at radius 2 is 1.94 bits per heavy atom. The molecule has 0 fully saturated rings. The molecule has 0 saturated carbocycles. The van der Waals surface area contributed by atoms with Gasteiger partial charge in [-0.1, -0.05) is 30.3 Å². The van der Waals surface area contributed by atoms with Crippen LogP contribution in [0, 0.1) is 6.92 Å². The Hall–Kier alpha value is -2.45. The van der Waals surface area contributed by atoms with Crippen LogP contribution in [0.25, 0.3) is 20.8 Å².